The van der Waals surface area contributed by atoms with E-state index >= 15 is 0 Å². The molecule has 1 aromatic heterocycles. The number of aryl methyl sites for hydroxylation is 1. The highest BCUT2D eigenvalue weighted by Gasteiger charge is 2.31. The summed E-state index contributed by atoms with van der Waals surface area (Å²) < 4.78 is 5.67. The summed E-state index contributed by atoms with van der Waals surface area (Å²) in [6.07, 6.45) is 5.74. The third-order valence-corrected chi connectivity index (χ3v) is 4.90. The zero-order chi connectivity index (χ0) is 16.9. The molecule has 0 radical (unpaired) electrons. The third kappa shape index (κ3) is 4.02. The summed E-state index contributed by atoms with van der Waals surface area (Å²) in [6.45, 7) is 4.36. The van der Waals surface area contributed by atoms with Crippen molar-refractivity contribution in [3.63, 3.8) is 0 Å². The van der Waals surface area contributed by atoms with Crippen LogP contribution in [0, 0.1) is 0 Å². The summed E-state index contributed by atoms with van der Waals surface area (Å²) in [7, 11) is 0. The molecule has 2 aliphatic heterocycles. The van der Waals surface area contributed by atoms with Gasteiger partial charge in [-0.2, -0.15) is 0 Å². The first-order valence-electron chi connectivity index (χ1n) is 8.91. The molecule has 0 unspecified atom stereocenters. The highest BCUT2D eigenvalue weighted by atomic mass is 16.5. The number of nitrogens with zero attached hydrogens (tertiary/aromatic N) is 3. The summed E-state index contributed by atoms with van der Waals surface area (Å²) in [5.41, 5.74) is 6.66. The van der Waals surface area contributed by atoms with Crippen molar-refractivity contribution in [1.82, 2.24) is 15.3 Å². The number of piperidine rings is 1. The Kier molecular flexibility index (Phi) is 5.63. The quantitative estimate of drug-likeness (QED) is 0.821. The molecule has 0 saturated carbocycles. The maximum atomic E-state index is 12.3. The van der Waals surface area contributed by atoms with Crippen molar-refractivity contribution < 1.29 is 9.53 Å². The lowest BCUT2D eigenvalue weighted by Crippen LogP contribution is -2.47. The lowest BCUT2D eigenvalue weighted by atomic mass is 10.0. The van der Waals surface area contributed by atoms with Crippen molar-refractivity contribution in [2.45, 2.75) is 57.3 Å². The van der Waals surface area contributed by atoms with Crippen molar-refractivity contribution in [2.75, 3.05) is 24.5 Å². The van der Waals surface area contributed by atoms with E-state index in [0.29, 0.717) is 6.54 Å². The minimum absolute atomic E-state index is 0.0136. The van der Waals surface area contributed by atoms with Crippen molar-refractivity contribution in [3.8, 4) is 0 Å². The van der Waals surface area contributed by atoms with Gasteiger partial charge in [0.15, 0.2) is 0 Å². The Bertz CT molecular complexity index is 560. The Morgan fingerprint density at radius 2 is 2.12 bits per heavy atom. The summed E-state index contributed by atoms with van der Waals surface area (Å²) in [5, 5.41) is 3.14. The van der Waals surface area contributed by atoms with Gasteiger partial charge in [-0.3, -0.25) is 4.79 Å². The number of carbonyl (C=O) groups is 1. The van der Waals surface area contributed by atoms with Crippen LogP contribution in [0.1, 0.15) is 38.3 Å². The number of hydrogen-bond acceptors (Lipinski definition) is 6. The van der Waals surface area contributed by atoms with Gasteiger partial charge in [0, 0.05) is 37.4 Å². The van der Waals surface area contributed by atoms with Crippen molar-refractivity contribution >= 4 is 11.7 Å². The fourth-order valence-corrected chi connectivity index (χ4v) is 3.37. The largest absolute Gasteiger partial charge is 0.364 e. The first kappa shape index (κ1) is 17.1. The Hall–Kier alpha value is -1.73. The van der Waals surface area contributed by atoms with Crippen LogP contribution in [0.3, 0.4) is 0 Å². The molecule has 2 fully saturated rings. The highest BCUT2D eigenvalue weighted by Crippen LogP contribution is 2.21. The minimum atomic E-state index is -0.328. The fourth-order valence-electron chi connectivity index (χ4n) is 3.37. The Morgan fingerprint density at radius 3 is 2.79 bits per heavy atom. The fraction of sp³-hybridized carbons (Fsp3) is 0.706. The number of aromatic nitrogens is 2. The normalized spacial score (nSPS) is 25.0. The van der Waals surface area contributed by atoms with Crippen LogP contribution in [0.2, 0.25) is 0 Å². The van der Waals surface area contributed by atoms with Crippen LogP contribution >= 0.6 is 0 Å². The SMILES string of the molecule is CCc1cc(N2CCC(NC(=O)[C@@H]3CC[C@H](CN)O3)CC2)ncn1. The molecule has 7 heteroatoms. The minimum Gasteiger partial charge on any atom is -0.364 e. The van der Waals surface area contributed by atoms with Crippen LogP contribution in [0.25, 0.3) is 0 Å². The van der Waals surface area contributed by atoms with Crippen LogP contribution in [-0.2, 0) is 16.0 Å². The van der Waals surface area contributed by atoms with Gasteiger partial charge in [-0.25, -0.2) is 9.97 Å². The lowest BCUT2D eigenvalue weighted by Gasteiger charge is -2.33. The van der Waals surface area contributed by atoms with Crippen LogP contribution in [0.4, 0.5) is 5.82 Å². The molecule has 0 aromatic carbocycles. The predicted octanol–water partition coefficient (Wildman–Crippen LogP) is 0.630. The van der Waals surface area contributed by atoms with Gasteiger partial charge in [0.05, 0.1) is 6.10 Å². The first-order valence-corrected chi connectivity index (χ1v) is 8.91. The molecule has 7 nitrogen and oxygen atoms in total. The van der Waals surface area contributed by atoms with Gasteiger partial charge in [0.2, 0.25) is 5.91 Å². The van der Waals surface area contributed by atoms with Crippen LogP contribution < -0.4 is 16.0 Å². The average Bonchev–Trinajstić information content (AvgIpc) is 3.12. The third-order valence-electron chi connectivity index (χ3n) is 4.90. The summed E-state index contributed by atoms with van der Waals surface area (Å²) in [4.78, 5) is 23.2. The molecule has 1 amide bonds. The predicted molar refractivity (Wildman–Crippen MR) is 91.7 cm³/mol. The molecular weight excluding hydrogens is 306 g/mol. The molecular formula is C17H27N5O2. The number of nitrogens with two attached hydrogens (primary N) is 1. The molecule has 3 N–H and O–H groups in total. The summed E-state index contributed by atoms with van der Waals surface area (Å²) in [6, 6.07) is 2.26. The lowest BCUT2D eigenvalue weighted by molar-refractivity contribution is -0.132. The molecule has 2 aliphatic rings. The topological polar surface area (TPSA) is 93.4 Å². The molecule has 3 heterocycles. The zero-order valence-corrected chi connectivity index (χ0v) is 14.3. The van der Waals surface area contributed by atoms with Crippen molar-refractivity contribution in [3.05, 3.63) is 18.1 Å². The van der Waals surface area contributed by atoms with Gasteiger partial charge in [0.25, 0.3) is 0 Å². The van der Waals surface area contributed by atoms with Gasteiger partial charge < -0.3 is 20.7 Å². The number of ether oxygens (including phenoxy) is 1. The van der Waals surface area contributed by atoms with E-state index in [4.69, 9.17) is 10.5 Å². The summed E-state index contributed by atoms with van der Waals surface area (Å²) >= 11 is 0. The number of carbonyl (C=O) groups excluding carboxylic acids is 1. The van der Waals surface area contributed by atoms with Crippen LogP contribution in [-0.4, -0.2) is 53.8 Å². The zero-order valence-electron chi connectivity index (χ0n) is 14.3. The van der Waals surface area contributed by atoms with Gasteiger partial charge in [0.1, 0.15) is 18.2 Å². The molecule has 2 saturated heterocycles. The molecule has 2 atom stereocenters. The number of anilines is 1. The number of nitrogens with one attached hydrogen (secondary N) is 1. The monoisotopic (exact) mass is 333 g/mol. The second-order valence-electron chi connectivity index (χ2n) is 6.55. The van der Waals surface area contributed by atoms with E-state index < -0.39 is 0 Å². The molecule has 0 bridgehead atoms. The summed E-state index contributed by atoms with van der Waals surface area (Å²) in [5.74, 6) is 0.997. The standard InChI is InChI=1S/C17H27N5O2/c1-2-12-9-16(20-11-19-12)22-7-5-13(6-8-22)21-17(23)15-4-3-14(10-18)24-15/h9,11,13-15H,2-8,10,18H2,1H3,(H,21,23)/t14-,15+/m1/s1. The molecule has 0 spiro atoms. The van der Waals surface area contributed by atoms with Gasteiger partial charge in [-0.15, -0.1) is 0 Å². The maximum Gasteiger partial charge on any atom is 0.249 e. The molecule has 1 aromatic rings. The van der Waals surface area contributed by atoms with E-state index in [1.165, 1.54) is 0 Å². The van der Waals surface area contributed by atoms with E-state index in [0.717, 1.165) is 56.7 Å². The number of hydrogen-bond donors (Lipinski definition) is 2. The molecule has 24 heavy (non-hydrogen) atoms. The Balaban J connectivity index is 1.47. The van der Waals surface area contributed by atoms with Crippen molar-refractivity contribution in [1.29, 1.82) is 0 Å². The van der Waals surface area contributed by atoms with Gasteiger partial charge in [-0.1, -0.05) is 6.92 Å². The Labute approximate surface area is 143 Å². The van der Waals surface area contributed by atoms with E-state index in [9.17, 15) is 4.79 Å². The molecule has 132 valence electrons. The van der Waals surface area contributed by atoms with E-state index in [-0.39, 0.29) is 24.2 Å². The first-order chi connectivity index (χ1) is 11.7. The van der Waals surface area contributed by atoms with E-state index in [2.05, 4.69) is 33.2 Å². The van der Waals surface area contributed by atoms with Gasteiger partial charge in [-0.05, 0) is 32.1 Å². The van der Waals surface area contributed by atoms with Crippen molar-refractivity contribution in [2.24, 2.45) is 5.73 Å². The number of amides is 1. The highest BCUT2D eigenvalue weighted by molar-refractivity contribution is 5.81. The van der Waals surface area contributed by atoms with E-state index in [1.54, 1.807) is 6.33 Å². The smallest absolute Gasteiger partial charge is 0.249 e. The van der Waals surface area contributed by atoms with Crippen LogP contribution in [0.5, 0.6) is 0 Å². The average molecular weight is 333 g/mol. The maximum absolute atomic E-state index is 12.3. The number of rotatable bonds is 5. The second-order valence-corrected chi connectivity index (χ2v) is 6.55. The van der Waals surface area contributed by atoms with Crippen LogP contribution in [0.15, 0.2) is 12.4 Å². The van der Waals surface area contributed by atoms with E-state index in [1.807, 2.05) is 0 Å². The molecule has 0 aliphatic carbocycles. The Morgan fingerprint density at radius 1 is 1.33 bits per heavy atom. The molecule has 3 rings (SSSR count). The van der Waals surface area contributed by atoms with Gasteiger partial charge >= 0.3 is 0 Å². The second kappa shape index (κ2) is 7.90.